The van der Waals surface area contributed by atoms with Crippen molar-refractivity contribution in [2.24, 2.45) is 0 Å². The van der Waals surface area contributed by atoms with Gasteiger partial charge in [0.25, 0.3) is 11.8 Å². The normalized spacial score (nSPS) is 13.7. The number of carbonyl (C=O) groups excluding carboxylic acids is 2. The van der Waals surface area contributed by atoms with Crippen LogP contribution in [-0.4, -0.2) is 67.1 Å². The highest BCUT2D eigenvalue weighted by molar-refractivity contribution is 6.07. The number of rotatable bonds is 7. The number of nitrogens with zero attached hydrogens (tertiary/aromatic N) is 4. The summed E-state index contributed by atoms with van der Waals surface area (Å²) < 4.78 is 51.9. The first-order valence-electron chi connectivity index (χ1n) is 11.8. The highest BCUT2D eigenvalue weighted by atomic mass is 19.1. The summed E-state index contributed by atoms with van der Waals surface area (Å²) in [4.78, 5) is 36.9. The standard InChI is InChI=1S/C26H26F3N5O4/c1-33(2)26(36)20-12-22(21(14-30-20)32-24(35)18-10-16(28)13-31-25(18)37-3)34-8-6-17(7-9-34)38-23-5-4-15(27)11-19(23)29/h4-5,10-14,17H,6-9H2,1-3H3,(H,32,35). The average Bonchev–Trinajstić information content (AvgIpc) is 2.90. The number of hydrogen-bond acceptors (Lipinski definition) is 7. The van der Waals surface area contributed by atoms with Crippen molar-refractivity contribution in [3.63, 3.8) is 0 Å². The Morgan fingerprint density at radius 1 is 1.03 bits per heavy atom. The molecule has 1 N–H and O–H groups in total. The molecular formula is C26H26F3N5O4. The van der Waals surface area contributed by atoms with Crippen molar-refractivity contribution < 1.29 is 32.2 Å². The summed E-state index contributed by atoms with van der Waals surface area (Å²) in [6.45, 7) is 0.890. The molecule has 0 unspecified atom stereocenters. The Labute approximate surface area is 217 Å². The number of hydrogen-bond donors (Lipinski definition) is 1. The molecule has 1 aliphatic rings. The fourth-order valence-corrected chi connectivity index (χ4v) is 4.06. The van der Waals surface area contributed by atoms with Gasteiger partial charge in [0.1, 0.15) is 29.0 Å². The van der Waals surface area contributed by atoms with Gasteiger partial charge in [0.05, 0.1) is 30.9 Å². The van der Waals surface area contributed by atoms with Crippen molar-refractivity contribution in [2.45, 2.75) is 18.9 Å². The minimum absolute atomic E-state index is 0.0294. The van der Waals surface area contributed by atoms with Crippen molar-refractivity contribution in [1.82, 2.24) is 14.9 Å². The van der Waals surface area contributed by atoms with E-state index in [0.717, 1.165) is 24.4 Å². The van der Waals surface area contributed by atoms with Gasteiger partial charge in [-0.1, -0.05) is 0 Å². The molecule has 9 nitrogen and oxygen atoms in total. The lowest BCUT2D eigenvalue weighted by atomic mass is 10.1. The first-order chi connectivity index (χ1) is 18.2. The second-order valence-electron chi connectivity index (χ2n) is 8.83. The topological polar surface area (TPSA) is 96.9 Å². The lowest BCUT2D eigenvalue weighted by Crippen LogP contribution is -2.39. The van der Waals surface area contributed by atoms with Gasteiger partial charge in [0.15, 0.2) is 11.6 Å². The smallest absolute Gasteiger partial charge is 0.272 e. The number of methoxy groups -OCH3 is 1. The minimum Gasteiger partial charge on any atom is -0.487 e. The van der Waals surface area contributed by atoms with E-state index in [1.165, 1.54) is 24.3 Å². The number of benzene rings is 1. The maximum atomic E-state index is 14.0. The SMILES string of the molecule is COc1ncc(F)cc1C(=O)Nc1cnc(C(=O)N(C)C)cc1N1CCC(Oc2ccc(F)cc2F)CC1. The molecule has 0 saturated carbocycles. The molecule has 3 heterocycles. The Morgan fingerprint density at radius 3 is 2.42 bits per heavy atom. The van der Waals surface area contributed by atoms with Gasteiger partial charge in [-0.2, -0.15) is 0 Å². The third-order valence-electron chi connectivity index (χ3n) is 5.98. The molecule has 2 amide bonds. The summed E-state index contributed by atoms with van der Waals surface area (Å²) in [5.74, 6) is -3.26. The van der Waals surface area contributed by atoms with Crippen molar-refractivity contribution in [1.29, 1.82) is 0 Å². The molecule has 0 bridgehead atoms. The summed E-state index contributed by atoms with van der Waals surface area (Å²) in [5.41, 5.74) is 0.869. The summed E-state index contributed by atoms with van der Waals surface area (Å²) in [6, 6.07) is 5.73. The van der Waals surface area contributed by atoms with Gasteiger partial charge in [-0.3, -0.25) is 9.59 Å². The Bertz CT molecular complexity index is 1350. The average molecular weight is 530 g/mol. The number of amides is 2. The van der Waals surface area contributed by atoms with Crippen LogP contribution >= 0.6 is 0 Å². The lowest BCUT2D eigenvalue weighted by Gasteiger charge is -2.35. The van der Waals surface area contributed by atoms with Gasteiger partial charge >= 0.3 is 0 Å². The number of carbonyl (C=O) groups is 2. The Balaban J connectivity index is 1.57. The van der Waals surface area contributed by atoms with E-state index in [2.05, 4.69) is 15.3 Å². The van der Waals surface area contributed by atoms with Crippen molar-refractivity contribution in [2.75, 3.05) is 44.5 Å². The van der Waals surface area contributed by atoms with Crippen LogP contribution in [0.3, 0.4) is 0 Å². The molecule has 2 aromatic heterocycles. The van der Waals surface area contributed by atoms with Gasteiger partial charge in [-0.15, -0.1) is 0 Å². The number of aromatic nitrogens is 2. The second kappa shape index (κ2) is 11.4. The summed E-state index contributed by atoms with van der Waals surface area (Å²) >= 11 is 0. The van der Waals surface area contributed by atoms with Crippen LogP contribution in [0.5, 0.6) is 11.6 Å². The van der Waals surface area contributed by atoms with E-state index in [-0.39, 0.29) is 34.9 Å². The third kappa shape index (κ3) is 5.96. The first kappa shape index (κ1) is 26.7. The molecule has 38 heavy (non-hydrogen) atoms. The Morgan fingerprint density at radius 2 is 1.76 bits per heavy atom. The van der Waals surface area contributed by atoms with Crippen LogP contribution < -0.4 is 19.7 Å². The third-order valence-corrected chi connectivity index (χ3v) is 5.98. The van der Waals surface area contributed by atoms with Gasteiger partial charge in [0, 0.05) is 46.1 Å². The Hall–Kier alpha value is -4.35. The van der Waals surface area contributed by atoms with Gasteiger partial charge in [-0.05, 0) is 24.3 Å². The summed E-state index contributed by atoms with van der Waals surface area (Å²) in [7, 11) is 4.51. The van der Waals surface area contributed by atoms with E-state index in [1.54, 1.807) is 20.2 Å². The molecule has 200 valence electrons. The maximum Gasteiger partial charge on any atom is 0.272 e. The molecule has 0 atom stereocenters. The number of pyridine rings is 2. The summed E-state index contributed by atoms with van der Waals surface area (Å²) in [6.07, 6.45) is 2.96. The molecule has 4 rings (SSSR count). The fraction of sp³-hybridized carbons (Fsp3) is 0.308. The Kier molecular flexibility index (Phi) is 7.99. The monoisotopic (exact) mass is 529 g/mol. The highest BCUT2D eigenvalue weighted by Gasteiger charge is 2.26. The molecule has 3 aromatic rings. The zero-order valence-electron chi connectivity index (χ0n) is 21.0. The van der Waals surface area contributed by atoms with E-state index < -0.39 is 23.4 Å². The van der Waals surface area contributed by atoms with Crippen LogP contribution in [0.15, 0.2) is 42.7 Å². The molecule has 1 saturated heterocycles. The minimum atomic E-state index is -0.777. The predicted molar refractivity (Wildman–Crippen MR) is 133 cm³/mol. The number of piperidine rings is 1. The lowest BCUT2D eigenvalue weighted by molar-refractivity contribution is 0.0822. The van der Waals surface area contributed by atoms with Crippen LogP contribution in [0.1, 0.15) is 33.7 Å². The molecule has 1 aliphatic heterocycles. The van der Waals surface area contributed by atoms with E-state index in [4.69, 9.17) is 9.47 Å². The molecular weight excluding hydrogens is 503 g/mol. The highest BCUT2D eigenvalue weighted by Crippen LogP contribution is 2.31. The van der Waals surface area contributed by atoms with E-state index in [9.17, 15) is 22.8 Å². The van der Waals surface area contributed by atoms with Crippen LogP contribution in [-0.2, 0) is 0 Å². The second-order valence-corrected chi connectivity index (χ2v) is 8.83. The van der Waals surface area contributed by atoms with Crippen LogP contribution in [0.4, 0.5) is 24.5 Å². The first-order valence-corrected chi connectivity index (χ1v) is 11.8. The van der Waals surface area contributed by atoms with Gasteiger partial charge in [0.2, 0.25) is 5.88 Å². The zero-order valence-corrected chi connectivity index (χ0v) is 21.0. The maximum absolute atomic E-state index is 14.0. The van der Waals surface area contributed by atoms with Crippen LogP contribution in [0.25, 0.3) is 0 Å². The van der Waals surface area contributed by atoms with Crippen LogP contribution in [0, 0.1) is 17.5 Å². The zero-order chi connectivity index (χ0) is 27.4. The molecule has 0 radical (unpaired) electrons. The number of nitrogens with one attached hydrogen (secondary N) is 1. The quantitative estimate of drug-likeness (QED) is 0.496. The molecule has 0 spiro atoms. The summed E-state index contributed by atoms with van der Waals surface area (Å²) in [5, 5.41) is 2.71. The largest absolute Gasteiger partial charge is 0.487 e. The van der Waals surface area contributed by atoms with E-state index in [1.807, 2.05) is 4.90 Å². The fourth-order valence-electron chi connectivity index (χ4n) is 4.06. The van der Waals surface area contributed by atoms with Crippen molar-refractivity contribution in [3.05, 3.63) is 71.4 Å². The number of ether oxygens (including phenoxy) is 2. The van der Waals surface area contributed by atoms with Gasteiger partial charge in [-0.25, -0.2) is 23.1 Å². The molecule has 12 heteroatoms. The van der Waals surface area contributed by atoms with Gasteiger partial charge < -0.3 is 24.6 Å². The molecule has 1 aromatic carbocycles. The van der Waals surface area contributed by atoms with Crippen LogP contribution in [0.2, 0.25) is 0 Å². The van der Waals surface area contributed by atoms with E-state index in [0.29, 0.717) is 37.3 Å². The van der Waals surface area contributed by atoms with Crippen molar-refractivity contribution >= 4 is 23.2 Å². The predicted octanol–water partition coefficient (Wildman–Crippen LogP) is 3.90. The molecule has 1 fully saturated rings. The molecule has 0 aliphatic carbocycles. The number of anilines is 2. The number of halogens is 3. The van der Waals surface area contributed by atoms with E-state index >= 15 is 0 Å². The van der Waals surface area contributed by atoms with Crippen molar-refractivity contribution in [3.8, 4) is 11.6 Å².